The van der Waals surface area contributed by atoms with Crippen molar-refractivity contribution >= 4 is 16.9 Å². The molecule has 16 heavy (non-hydrogen) atoms. The maximum Gasteiger partial charge on any atom is 0.223 e. The quantitative estimate of drug-likeness (QED) is 0.852. The van der Waals surface area contributed by atoms with Crippen molar-refractivity contribution in [1.29, 1.82) is 0 Å². The van der Waals surface area contributed by atoms with E-state index in [1.807, 2.05) is 30.5 Å². The maximum atomic E-state index is 4.50. The molecule has 3 heteroatoms. The van der Waals surface area contributed by atoms with E-state index < -0.39 is 0 Å². The highest BCUT2D eigenvalue weighted by atomic mass is 15.1. The van der Waals surface area contributed by atoms with Gasteiger partial charge in [-0.3, -0.25) is 0 Å². The molecule has 1 saturated carbocycles. The first kappa shape index (κ1) is 9.58. The average molecular weight is 213 g/mol. The molecule has 0 amide bonds. The molecule has 1 aliphatic carbocycles. The number of para-hydroxylation sites is 1. The first-order chi connectivity index (χ1) is 7.83. The molecule has 1 aromatic heterocycles. The maximum absolute atomic E-state index is 4.50. The lowest BCUT2D eigenvalue weighted by molar-refractivity contribution is 0.687. The fourth-order valence-electron chi connectivity index (χ4n) is 1.96. The predicted octanol–water partition coefficient (Wildman–Crippen LogP) is 2.84. The molecule has 3 rings (SSSR count). The standard InChI is InChI=1S/C13H15N3/c1-9(10-6-7-10)15-13-14-8-11-4-2-3-5-12(11)16-13/h2-5,8-10H,6-7H2,1H3,(H,14,15,16). The number of nitrogens with zero attached hydrogens (tertiary/aromatic N) is 2. The summed E-state index contributed by atoms with van der Waals surface area (Å²) in [6.07, 6.45) is 4.55. The van der Waals surface area contributed by atoms with E-state index in [-0.39, 0.29) is 0 Å². The van der Waals surface area contributed by atoms with Crippen LogP contribution in [0.25, 0.3) is 10.9 Å². The molecule has 0 aliphatic heterocycles. The molecule has 1 unspecified atom stereocenters. The van der Waals surface area contributed by atoms with Crippen LogP contribution in [0.15, 0.2) is 30.5 Å². The molecule has 0 saturated heterocycles. The normalized spacial score (nSPS) is 17.3. The van der Waals surface area contributed by atoms with Crippen molar-refractivity contribution in [3.05, 3.63) is 30.5 Å². The van der Waals surface area contributed by atoms with Gasteiger partial charge < -0.3 is 5.32 Å². The van der Waals surface area contributed by atoms with Gasteiger partial charge in [-0.15, -0.1) is 0 Å². The summed E-state index contributed by atoms with van der Waals surface area (Å²) >= 11 is 0. The summed E-state index contributed by atoms with van der Waals surface area (Å²) < 4.78 is 0. The minimum atomic E-state index is 0.487. The zero-order valence-corrected chi connectivity index (χ0v) is 9.35. The number of aromatic nitrogens is 2. The first-order valence-corrected chi connectivity index (χ1v) is 5.81. The van der Waals surface area contributed by atoms with Crippen LogP contribution in [-0.2, 0) is 0 Å². The third-order valence-corrected chi connectivity index (χ3v) is 3.17. The van der Waals surface area contributed by atoms with Crippen LogP contribution in [0.5, 0.6) is 0 Å². The number of benzene rings is 1. The van der Waals surface area contributed by atoms with Gasteiger partial charge >= 0.3 is 0 Å². The van der Waals surface area contributed by atoms with Crippen LogP contribution in [0.1, 0.15) is 19.8 Å². The Kier molecular flexibility index (Phi) is 2.24. The van der Waals surface area contributed by atoms with Crippen molar-refractivity contribution in [2.24, 2.45) is 5.92 Å². The highest BCUT2D eigenvalue weighted by Gasteiger charge is 2.28. The Labute approximate surface area is 94.9 Å². The number of anilines is 1. The Morgan fingerprint density at radius 1 is 1.31 bits per heavy atom. The molecule has 0 spiro atoms. The van der Waals surface area contributed by atoms with E-state index in [1.165, 1.54) is 12.8 Å². The van der Waals surface area contributed by atoms with Crippen LogP contribution in [0.4, 0.5) is 5.95 Å². The Bertz CT molecular complexity index is 505. The van der Waals surface area contributed by atoms with E-state index in [0.717, 1.165) is 22.8 Å². The van der Waals surface area contributed by atoms with Gasteiger partial charge in [0.2, 0.25) is 5.95 Å². The number of rotatable bonds is 3. The molecule has 3 nitrogen and oxygen atoms in total. The van der Waals surface area contributed by atoms with Gasteiger partial charge in [0.15, 0.2) is 0 Å². The van der Waals surface area contributed by atoms with E-state index in [2.05, 4.69) is 22.2 Å². The van der Waals surface area contributed by atoms with Crippen LogP contribution < -0.4 is 5.32 Å². The molecule has 82 valence electrons. The zero-order chi connectivity index (χ0) is 11.0. The largest absolute Gasteiger partial charge is 0.351 e. The summed E-state index contributed by atoms with van der Waals surface area (Å²) in [6, 6.07) is 8.55. The minimum absolute atomic E-state index is 0.487. The fraction of sp³-hybridized carbons (Fsp3) is 0.385. The van der Waals surface area contributed by atoms with E-state index in [4.69, 9.17) is 0 Å². The van der Waals surface area contributed by atoms with Crippen molar-refractivity contribution in [3.8, 4) is 0 Å². The van der Waals surface area contributed by atoms with Gasteiger partial charge in [-0.25, -0.2) is 9.97 Å². The Morgan fingerprint density at radius 2 is 2.12 bits per heavy atom. The highest BCUT2D eigenvalue weighted by Crippen LogP contribution is 2.33. The second kappa shape index (κ2) is 3.74. The summed E-state index contributed by atoms with van der Waals surface area (Å²) in [7, 11) is 0. The summed E-state index contributed by atoms with van der Waals surface area (Å²) in [6.45, 7) is 2.20. The van der Waals surface area contributed by atoms with Crippen molar-refractivity contribution in [3.63, 3.8) is 0 Å². The number of fused-ring (bicyclic) bond motifs is 1. The molecule has 2 aromatic rings. The lowest BCUT2D eigenvalue weighted by Crippen LogP contribution is -2.18. The summed E-state index contributed by atoms with van der Waals surface area (Å²) in [4.78, 5) is 8.84. The van der Waals surface area contributed by atoms with Gasteiger partial charge in [0.25, 0.3) is 0 Å². The Hall–Kier alpha value is -1.64. The van der Waals surface area contributed by atoms with Gasteiger partial charge in [0, 0.05) is 17.6 Å². The van der Waals surface area contributed by atoms with Crippen LogP contribution in [0.3, 0.4) is 0 Å². The van der Waals surface area contributed by atoms with Gasteiger partial charge in [0.1, 0.15) is 0 Å². The smallest absolute Gasteiger partial charge is 0.223 e. The topological polar surface area (TPSA) is 37.8 Å². The molecule has 1 heterocycles. The average Bonchev–Trinajstić information content (AvgIpc) is 3.12. The summed E-state index contributed by atoms with van der Waals surface area (Å²) in [5.41, 5.74) is 1.00. The molecule has 1 fully saturated rings. The molecule has 1 atom stereocenters. The summed E-state index contributed by atoms with van der Waals surface area (Å²) in [5.74, 6) is 1.56. The van der Waals surface area contributed by atoms with Crippen LogP contribution >= 0.6 is 0 Å². The minimum Gasteiger partial charge on any atom is -0.351 e. The lowest BCUT2D eigenvalue weighted by atomic mass is 10.2. The van der Waals surface area contributed by atoms with E-state index in [0.29, 0.717) is 6.04 Å². The van der Waals surface area contributed by atoms with E-state index in [1.54, 1.807) is 0 Å². The van der Waals surface area contributed by atoms with Crippen molar-refractivity contribution < 1.29 is 0 Å². The third-order valence-electron chi connectivity index (χ3n) is 3.17. The number of nitrogens with one attached hydrogen (secondary N) is 1. The molecule has 0 radical (unpaired) electrons. The molecule has 0 bridgehead atoms. The molecular formula is C13H15N3. The molecule has 1 aromatic carbocycles. The van der Waals surface area contributed by atoms with Crippen molar-refractivity contribution in [1.82, 2.24) is 9.97 Å². The summed E-state index contributed by atoms with van der Waals surface area (Å²) in [5, 5.41) is 4.46. The molecular weight excluding hydrogens is 198 g/mol. The van der Waals surface area contributed by atoms with E-state index in [9.17, 15) is 0 Å². The second-order valence-electron chi connectivity index (χ2n) is 4.52. The SMILES string of the molecule is CC(Nc1ncc2ccccc2n1)C1CC1. The lowest BCUT2D eigenvalue weighted by Gasteiger charge is -2.12. The predicted molar refractivity (Wildman–Crippen MR) is 65.3 cm³/mol. The second-order valence-corrected chi connectivity index (χ2v) is 4.52. The number of hydrogen-bond acceptors (Lipinski definition) is 3. The van der Waals surface area contributed by atoms with Gasteiger partial charge in [0.05, 0.1) is 5.52 Å². The molecule has 1 N–H and O–H groups in total. The van der Waals surface area contributed by atoms with Crippen LogP contribution in [0, 0.1) is 5.92 Å². The number of hydrogen-bond donors (Lipinski definition) is 1. The highest BCUT2D eigenvalue weighted by molar-refractivity contribution is 5.78. The Morgan fingerprint density at radius 3 is 2.94 bits per heavy atom. The first-order valence-electron chi connectivity index (χ1n) is 5.81. The van der Waals surface area contributed by atoms with Crippen LogP contribution in [0.2, 0.25) is 0 Å². The van der Waals surface area contributed by atoms with Crippen molar-refractivity contribution in [2.75, 3.05) is 5.32 Å². The third kappa shape index (κ3) is 1.85. The van der Waals surface area contributed by atoms with Gasteiger partial charge in [-0.05, 0) is 31.7 Å². The Balaban J connectivity index is 1.86. The molecule has 1 aliphatic rings. The monoisotopic (exact) mass is 213 g/mol. The zero-order valence-electron chi connectivity index (χ0n) is 9.35. The van der Waals surface area contributed by atoms with Gasteiger partial charge in [-0.2, -0.15) is 0 Å². The van der Waals surface area contributed by atoms with Crippen LogP contribution in [-0.4, -0.2) is 16.0 Å². The fourth-order valence-corrected chi connectivity index (χ4v) is 1.96. The van der Waals surface area contributed by atoms with Crippen molar-refractivity contribution in [2.45, 2.75) is 25.8 Å². The van der Waals surface area contributed by atoms with Gasteiger partial charge in [-0.1, -0.05) is 18.2 Å². The van der Waals surface area contributed by atoms with E-state index >= 15 is 0 Å².